The fourth-order valence-corrected chi connectivity index (χ4v) is 7.99. The van der Waals surface area contributed by atoms with E-state index < -0.39 is 6.04 Å². The predicted molar refractivity (Wildman–Crippen MR) is 186 cm³/mol. The molecule has 254 valence electrons. The zero-order valence-electron chi connectivity index (χ0n) is 28.3. The average Bonchev–Trinajstić information content (AvgIpc) is 3.29. The van der Waals surface area contributed by atoms with E-state index in [-0.39, 0.29) is 24.0 Å². The summed E-state index contributed by atoms with van der Waals surface area (Å²) in [5, 5.41) is 9.70. The molecule has 2 aromatic rings. The molecule has 10 heteroatoms. The summed E-state index contributed by atoms with van der Waals surface area (Å²) in [6.45, 7) is 11.7. The standard InChI is InChI=1S/C37H53N7O3/c1-3-28-10-9-27(25-29(28)4-2)26-34(35(45)42-18-12-31(13-19-42)41-23-16-38-17-24-41)40-36(46)43-20-14-32(15-21-43)44-22-11-30-7-5-6-8-33(30)39-37(44)47/h5-10,25,31-32,34,38H,3-4,11-24,26H2,1-2H3,(H,39,47)(H,40,46)/t34-/m1/s1. The second-order valence-electron chi connectivity index (χ2n) is 13.6. The van der Waals surface area contributed by atoms with Crippen LogP contribution in [0.25, 0.3) is 0 Å². The number of urea groups is 2. The van der Waals surface area contributed by atoms with Crippen molar-refractivity contribution in [2.75, 3.05) is 64.2 Å². The van der Waals surface area contributed by atoms with E-state index in [1.165, 1.54) is 11.1 Å². The number of nitrogens with zero attached hydrogens (tertiary/aromatic N) is 4. The molecule has 0 unspecified atom stereocenters. The molecule has 47 heavy (non-hydrogen) atoms. The van der Waals surface area contributed by atoms with E-state index in [1.54, 1.807) is 0 Å². The first kappa shape index (κ1) is 33.3. The number of fused-ring (bicyclic) bond motifs is 1. The molecule has 0 saturated carbocycles. The third-order valence-corrected chi connectivity index (χ3v) is 10.8. The summed E-state index contributed by atoms with van der Waals surface area (Å²) in [5.74, 6) is 0.0189. The Balaban J connectivity index is 1.09. The number of anilines is 1. The van der Waals surface area contributed by atoms with Crippen molar-refractivity contribution >= 4 is 23.7 Å². The van der Waals surface area contributed by atoms with Gasteiger partial charge in [-0.3, -0.25) is 9.69 Å². The van der Waals surface area contributed by atoms with Crippen LogP contribution in [-0.4, -0.2) is 115 Å². The van der Waals surface area contributed by atoms with Crippen LogP contribution < -0.4 is 16.0 Å². The zero-order valence-corrected chi connectivity index (χ0v) is 28.3. The summed E-state index contributed by atoms with van der Waals surface area (Å²) in [6.07, 6.45) is 6.58. The number of carbonyl (C=O) groups excluding carboxylic acids is 3. The number of amides is 5. The molecular formula is C37H53N7O3. The molecule has 0 radical (unpaired) electrons. The van der Waals surface area contributed by atoms with Crippen LogP contribution >= 0.6 is 0 Å². The lowest BCUT2D eigenvalue weighted by Crippen LogP contribution is -2.58. The number of rotatable bonds is 8. The molecule has 0 aliphatic carbocycles. The van der Waals surface area contributed by atoms with Crippen molar-refractivity contribution in [3.63, 3.8) is 0 Å². The molecular weight excluding hydrogens is 590 g/mol. The van der Waals surface area contributed by atoms with Gasteiger partial charge in [0.05, 0.1) is 0 Å². The van der Waals surface area contributed by atoms with Crippen LogP contribution in [0.4, 0.5) is 15.3 Å². The van der Waals surface area contributed by atoms with E-state index in [0.717, 1.165) is 88.2 Å². The van der Waals surface area contributed by atoms with Gasteiger partial charge in [0.15, 0.2) is 0 Å². The maximum atomic E-state index is 14.1. The van der Waals surface area contributed by atoms with Gasteiger partial charge in [0.25, 0.3) is 0 Å². The average molecular weight is 644 g/mol. The maximum absolute atomic E-state index is 14.1. The van der Waals surface area contributed by atoms with Gasteiger partial charge in [-0.05, 0) is 73.3 Å². The van der Waals surface area contributed by atoms with Crippen LogP contribution in [0.1, 0.15) is 61.8 Å². The van der Waals surface area contributed by atoms with Crippen molar-refractivity contribution in [3.05, 3.63) is 64.7 Å². The number of hydrogen-bond acceptors (Lipinski definition) is 5. The number of piperidine rings is 2. The molecule has 10 nitrogen and oxygen atoms in total. The number of nitrogens with one attached hydrogen (secondary N) is 3. The lowest BCUT2D eigenvalue weighted by molar-refractivity contribution is -0.134. The van der Waals surface area contributed by atoms with Gasteiger partial charge in [-0.2, -0.15) is 0 Å². The van der Waals surface area contributed by atoms with Crippen LogP contribution in [-0.2, 0) is 30.5 Å². The normalized spacial score (nSPS) is 20.7. The Morgan fingerprint density at radius 3 is 2.23 bits per heavy atom. The molecule has 3 N–H and O–H groups in total. The van der Waals surface area contributed by atoms with Gasteiger partial charge < -0.3 is 30.7 Å². The minimum Gasteiger partial charge on any atom is -0.341 e. The Labute approximate surface area is 280 Å². The second-order valence-corrected chi connectivity index (χ2v) is 13.6. The number of benzene rings is 2. The Hall–Kier alpha value is -3.63. The van der Waals surface area contributed by atoms with Crippen molar-refractivity contribution in [2.45, 2.75) is 83.3 Å². The first-order chi connectivity index (χ1) is 22.9. The molecule has 3 saturated heterocycles. The van der Waals surface area contributed by atoms with Gasteiger partial charge in [0.1, 0.15) is 6.04 Å². The lowest BCUT2D eigenvalue weighted by atomic mass is 9.95. The van der Waals surface area contributed by atoms with Crippen LogP contribution in [0.15, 0.2) is 42.5 Å². The van der Waals surface area contributed by atoms with Crippen molar-refractivity contribution in [3.8, 4) is 0 Å². The highest BCUT2D eigenvalue weighted by molar-refractivity contribution is 5.91. The molecule has 1 atom stereocenters. The Kier molecular flexibility index (Phi) is 11.0. The summed E-state index contributed by atoms with van der Waals surface area (Å²) in [7, 11) is 0. The molecule has 5 amide bonds. The number of hydrogen-bond donors (Lipinski definition) is 3. The second kappa shape index (κ2) is 15.5. The summed E-state index contributed by atoms with van der Waals surface area (Å²) in [6, 6.07) is 14.2. The summed E-state index contributed by atoms with van der Waals surface area (Å²) in [4.78, 5) is 49.3. The third kappa shape index (κ3) is 7.92. The van der Waals surface area contributed by atoms with Crippen molar-refractivity contribution in [2.24, 2.45) is 0 Å². The number of carbonyl (C=O) groups is 3. The van der Waals surface area contributed by atoms with Crippen LogP contribution in [0.3, 0.4) is 0 Å². The van der Waals surface area contributed by atoms with Gasteiger partial charge in [0.2, 0.25) is 5.91 Å². The molecule has 6 rings (SSSR count). The largest absolute Gasteiger partial charge is 0.341 e. The molecule has 0 spiro atoms. The quantitative estimate of drug-likeness (QED) is 0.406. The Morgan fingerprint density at radius 2 is 1.51 bits per heavy atom. The molecule has 4 aliphatic heterocycles. The van der Waals surface area contributed by atoms with E-state index in [4.69, 9.17) is 0 Å². The summed E-state index contributed by atoms with van der Waals surface area (Å²) in [5.41, 5.74) is 5.76. The minimum atomic E-state index is -0.622. The maximum Gasteiger partial charge on any atom is 0.322 e. The zero-order chi connectivity index (χ0) is 32.8. The Bertz CT molecular complexity index is 1390. The van der Waals surface area contributed by atoms with E-state index in [1.807, 2.05) is 32.9 Å². The summed E-state index contributed by atoms with van der Waals surface area (Å²) >= 11 is 0. The predicted octanol–water partition coefficient (Wildman–Crippen LogP) is 3.88. The number of para-hydroxylation sites is 1. The van der Waals surface area contributed by atoms with Crippen molar-refractivity contribution in [1.82, 2.24) is 30.2 Å². The van der Waals surface area contributed by atoms with Crippen LogP contribution in [0.2, 0.25) is 0 Å². The van der Waals surface area contributed by atoms with Gasteiger partial charge in [-0.1, -0.05) is 50.2 Å². The Morgan fingerprint density at radius 1 is 0.830 bits per heavy atom. The van der Waals surface area contributed by atoms with Gasteiger partial charge in [0, 0.05) is 83.1 Å². The number of piperazine rings is 1. The van der Waals surface area contributed by atoms with Crippen LogP contribution in [0, 0.1) is 0 Å². The van der Waals surface area contributed by atoms with Gasteiger partial charge in [-0.25, -0.2) is 9.59 Å². The minimum absolute atomic E-state index is 0.0189. The van der Waals surface area contributed by atoms with Crippen molar-refractivity contribution < 1.29 is 14.4 Å². The van der Waals surface area contributed by atoms with Crippen LogP contribution in [0.5, 0.6) is 0 Å². The molecule has 0 bridgehead atoms. The lowest BCUT2D eigenvalue weighted by Gasteiger charge is -2.41. The fraction of sp³-hybridized carbons (Fsp3) is 0.595. The molecule has 4 heterocycles. The first-order valence-corrected chi connectivity index (χ1v) is 18.0. The molecule has 2 aromatic carbocycles. The van der Waals surface area contributed by atoms with E-state index in [9.17, 15) is 14.4 Å². The summed E-state index contributed by atoms with van der Waals surface area (Å²) < 4.78 is 0. The number of aryl methyl sites for hydroxylation is 2. The smallest absolute Gasteiger partial charge is 0.322 e. The highest BCUT2D eigenvalue weighted by Gasteiger charge is 2.35. The third-order valence-electron chi connectivity index (χ3n) is 10.8. The van der Waals surface area contributed by atoms with E-state index in [0.29, 0.717) is 44.9 Å². The highest BCUT2D eigenvalue weighted by atomic mass is 16.2. The molecule has 3 fully saturated rings. The van der Waals surface area contributed by atoms with E-state index in [2.05, 4.69) is 59.0 Å². The monoisotopic (exact) mass is 643 g/mol. The highest BCUT2D eigenvalue weighted by Crippen LogP contribution is 2.25. The van der Waals surface area contributed by atoms with E-state index >= 15 is 0 Å². The fourth-order valence-electron chi connectivity index (χ4n) is 7.99. The molecule has 0 aromatic heterocycles. The number of likely N-dealkylation sites (tertiary alicyclic amines) is 2. The SMILES string of the molecule is CCc1ccc(C[C@@H](NC(=O)N2CCC(N3CCc4ccccc4NC3=O)CC2)C(=O)N2CCC(N3CCNCC3)CC2)cc1CC. The topological polar surface area (TPSA) is 100 Å². The van der Waals surface area contributed by atoms with Gasteiger partial charge >= 0.3 is 12.1 Å². The first-order valence-electron chi connectivity index (χ1n) is 18.0. The van der Waals surface area contributed by atoms with Gasteiger partial charge in [-0.15, -0.1) is 0 Å². The van der Waals surface area contributed by atoms with Crippen molar-refractivity contribution in [1.29, 1.82) is 0 Å². The molecule has 4 aliphatic rings.